The number of hydrogen-bond acceptors (Lipinski definition) is 5. The summed E-state index contributed by atoms with van der Waals surface area (Å²) < 4.78 is 36.0. The van der Waals surface area contributed by atoms with Crippen molar-refractivity contribution < 1.29 is 12.8 Å². The number of benzene rings is 1. The Labute approximate surface area is 128 Å². The Bertz CT molecular complexity index is 770. The highest BCUT2D eigenvalue weighted by Gasteiger charge is 2.18. The summed E-state index contributed by atoms with van der Waals surface area (Å²) in [5, 5.41) is 2.64. The summed E-state index contributed by atoms with van der Waals surface area (Å²) in [6.07, 6.45) is 1.23. The summed E-state index contributed by atoms with van der Waals surface area (Å²) in [4.78, 5) is 7.00. The van der Waals surface area contributed by atoms with Crippen LogP contribution in [0.5, 0.6) is 0 Å². The smallest absolute Gasteiger partial charge is 0.263 e. The van der Waals surface area contributed by atoms with Gasteiger partial charge in [-0.2, -0.15) is 4.98 Å². The van der Waals surface area contributed by atoms with E-state index in [1.54, 1.807) is 0 Å². The van der Waals surface area contributed by atoms with Crippen molar-refractivity contribution in [2.24, 2.45) is 0 Å². The van der Waals surface area contributed by atoms with Gasteiger partial charge >= 0.3 is 0 Å². The predicted molar refractivity (Wildman–Crippen MR) is 74.8 cm³/mol. The zero-order valence-electron chi connectivity index (χ0n) is 9.44. The maximum atomic E-state index is 13.1. The van der Waals surface area contributed by atoms with Gasteiger partial charge in [0.25, 0.3) is 9.05 Å². The summed E-state index contributed by atoms with van der Waals surface area (Å²) in [5.74, 6) is -0.679. The van der Waals surface area contributed by atoms with Gasteiger partial charge in [0.2, 0.25) is 5.28 Å². The SMILES string of the molecule is O=S(=O)(Cl)c1cc(F)ccc1Nc1nc(Cl)ncc1Cl. The van der Waals surface area contributed by atoms with Gasteiger partial charge in [-0.1, -0.05) is 11.6 Å². The normalized spacial score (nSPS) is 11.4. The minimum absolute atomic E-state index is 0.0121. The standard InChI is InChI=1S/C10H5Cl3FN3O2S/c11-6-4-15-10(12)17-9(6)16-7-2-1-5(14)3-8(7)20(13,18)19/h1-4H,(H,15,16,17). The minimum atomic E-state index is -4.15. The maximum absolute atomic E-state index is 13.1. The Hall–Kier alpha value is -1.15. The molecule has 1 heterocycles. The molecule has 1 aromatic carbocycles. The molecule has 0 saturated carbocycles. The van der Waals surface area contributed by atoms with Gasteiger partial charge in [0.05, 0.1) is 11.9 Å². The van der Waals surface area contributed by atoms with Crippen LogP contribution in [0, 0.1) is 5.82 Å². The van der Waals surface area contributed by atoms with Crippen LogP contribution in [-0.4, -0.2) is 18.4 Å². The molecule has 10 heteroatoms. The third-order valence-corrected chi connectivity index (χ3v) is 3.99. The molecule has 0 aliphatic heterocycles. The summed E-state index contributed by atoms with van der Waals surface area (Å²) in [6, 6.07) is 3.03. The van der Waals surface area contributed by atoms with Crippen molar-refractivity contribution in [2.75, 3.05) is 5.32 Å². The summed E-state index contributed by atoms with van der Waals surface area (Å²) in [7, 11) is 1.10. The molecule has 0 aliphatic rings. The quantitative estimate of drug-likeness (QED) is 0.672. The molecule has 0 fully saturated rings. The predicted octanol–water partition coefficient (Wildman–Crippen LogP) is 3.59. The molecule has 5 nitrogen and oxygen atoms in total. The van der Waals surface area contributed by atoms with E-state index in [1.165, 1.54) is 12.3 Å². The second-order valence-corrected chi connectivity index (χ2v) is 6.82. The lowest BCUT2D eigenvalue weighted by molar-refractivity contribution is 0.603. The highest BCUT2D eigenvalue weighted by atomic mass is 35.7. The van der Waals surface area contributed by atoms with E-state index >= 15 is 0 Å². The van der Waals surface area contributed by atoms with Gasteiger partial charge < -0.3 is 5.32 Å². The van der Waals surface area contributed by atoms with E-state index in [0.717, 1.165) is 12.1 Å². The highest BCUT2D eigenvalue weighted by molar-refractivity contribution is 8.13. The second-order valence-electron chi connectivity index (χ2n) is 3.54. The molecule has 106 valence electrons. The molecule has 0 amide bonds. The van der Waals surface area contributed by atoms with E-state index in [4.69, 9.17) is 33.9 Å². The first kappa shape index (κ1) is 15.2. The van der Waals surface area contributed by atoms with Crippen LogP contribution in [-0.2, 0) is 9.05 Å². The van der Waals surface area contributed by atoms with Crippen LogP contribution in [0.15, 0.2) is 29.3 Å². The molecule has 0 aliphatic carbocycles. The van der Waals surface area contributed by atoms with Crippen LogP contribution < -0.4 is 5.32 Å². The fraction of sp³-hybridized carbons (Fsp3) is 0. The lowest BCUT2D eigenvalue weighted by Crippen LogP contribution is -2.02. The zero-order chi connectivity index (χ0) is 14.9. The van der Waals surface area contributed by atoms with Gasteiger partial charge in [0.1, 0.15) is 15.7 Å². The van der Waals surface area contributed by atoms with Crippen LogP contribution in [0.3, 0.4) is 0 Å². The highest BCUT2D eigenvalue weighted by Crippen LogP contribution is 2.30. The molecule has 1 N–H and O–H groups in total. The summed E-state index contributed by atoms with van der Waals surface area (Å²) in [5.41, 5.74) is 0.0121. The van der Waals surface area contributed by atoms with Crippen LogP contribution in [0.1, 0.15) is 0 Å². The first-order valence-corrected chi connectivity index (χ1v) is 8.03. The molecule has 0 bridgehead atoms. The lowest BCUT2D eigenvalue weighted by Gasteiger charge is -2.10. The van der Waals surface area contributed by atoms with Gasteiger partial charge in [0, 0.05) is 10.7 Å². The number of rotatable bonds is 3. The van der Waals surface area contributed by atoms with Crippen LogP contribution in [0.4, 0.5) is 15.9 Å². The Morgan fingerprint density at radius 2 is 1.95 bits per heavy atom. The number of nitrogens with zero attached hydrogens (tertiary/aromatic N) is 2. The largest absolute Gasteiger partial charge is 0.338 e. The summed E-state index contributed by atoms with van der Waals surface area (Å²) in [6.45, 7) is 0. The number of nitrogens with one attached hydrogen (secondary N) is 1. The number of halogens is 4. The van der Waals surface area contributed by atoms with E-state index in [2.05, 4.69) is 15.3 Å². The molecule has 2 aromatic rings. The maximum Gasteiger partial charge on any atom is 0.263 e. The van der Waals surface area contributed by atoms with E-state index in [-0.39, 0.29) is 21.8 Å². The van der Waals surface area contributed by atoms with Crippen molar-refractivity contribution in [2.45, 2.75) is 4.90 Å². The molecule has 1 aromatic heterocycles. The Morgan fingerprint density at radius 3 is 2.60 bits per heavy atom. The molecule has 0 spiro atoms. The fourth-order valence-corrected chi connectivity index (χ4v) is 2.65. The molecule has 0 radical (unpaired) electrons. The first-order chi connectivity index (χ1) is 9.27. The van der Waals surface area contributed by atoms with Crippen LogP contribution in [0.2, 0.25) is 10.3 Å². The monoisotopic (exact) mass is 355 g/mol. The van der Waals surface area contributed by atoms with Gasteiger partial charge in [0.15, 0.2) is 5.82 Å². The molecular weight excluding hydrogens is 352 g/mol. The Kier molecular flexibility index (Phi) is 4.33. The first-order valence-electron chi connectivity index (χ1n) is 4.96. The molecule has 20 heavy (non-hydrogen) atoms. The third kappa shape index (κ3) is 3.49. The number of aromatic nitrogens is 2. The fourth-order valence-electron chi connectivity index (χ4n) is 1.36. The van der Waals surface area contributed by atoms with Crippen LogP contribution >= 0.6 is 33.9 Å². The van der Waals surface area contributed by atoms with Crippen LogP contribution in [0.25, 0.3) is 0 Å². The van der Waals surface area contributed by atoms with Crippen molar-refractivity contribution in [3.8, 4) is 0 Å². The molecule has 0 saturated heterocycles. The summed E-state index contributed by atoms with van der Waals surface area (Å²) >= 11 is 11.5. The van der Waals surface area contributed by atoms with E-state index in [9.17, 15) is 12.8 Å². The third-order valence-electron chi connectivity index (χ3n) is 2.17. The van der Waals surface area contributed by atoms with E-state index < -0.39 is 19.8 Å². The second kappa shape index (κ2) is 5.69. The zero-order valence-corrected chi connectivity index (χ0v) is 12.5. The average molecular weight is 357 g/mol. The van der Waals surface area contributed by atoms with Crippen molar-refractivity contribution in [1.82, 2.24) is 9.97 Å². The van der Waals surface area contributed by atoms with Gasteiger partial charge in [-0.15, -0.1) is 0 Å². The van der Waals surface area contributed by atoms with Gasteiger partial charge in [-0.25, -0.2) is 17.8 Å². The number of anilines is 2. The van der Waals surface area contributed by atoms with Gasteiger partial charge in [-0.05, 0) is 29.8 Å². The van der Waals surface area contributed by atoms with Gasteiger partial charge in [-0.3, -0.25) is 0 Å². The molecule has 2 rings (SSSR count). The van der Waals surface area contributed by atoms with E-state index in [1.807, 2.05) is 0 Å². The Morgan fingerprint density at radius 1 is 1.25 bits per heavy atom. The molecule has 0 atom stereocenters. The molecule has 0 unspecified atom stereocenters. The van der Waals surface area contributed by atoms with Crippen molar-refractivity contribution in [3.05, 3.63) is 40.5 Å². The lowest BCUT2D eigenvalue weighted by atomic mass is 10.3. The molecular formula is C10H5Cl3FN3O2S. The van der Waals surface area contributed by atoms with Crippen molar-refractivity contribution in [3.63, 3.8) is 0 Å². The number of hydrogen-bond donors (Lipinski definition) is 1. The van der Waals surface area contributed by atoms with Crippen molar-refractivity contribution >= 4 is 54.4 Å². The minimum Gasteiger partial charge on any atom is -0.338 e. The Balaban J connectivity index is 2.52. The average Bonchev–Trinajstić information content (AvgIpc) is 2.34. The van der Waals surface area contributed by atoms with E-state index in [0.29, 0.717) is 0 Å². The topological polar surface area (TPSA) is 72.0 Å². The van der Waals surface area contributed by atoms with Crippen molar-refractivity contribution in [1.29, 1.82) is 0 Å².